The third-order valence-electron chi connectivity index (χ3n) is 2.86. The number of benzene rings is 1. The lowest BCUT2D eigenvalue weighted by Gasteiger charge is -2.19. The number of amides is 2. The van der Waals surface area contributed by atoms with Gasteiger partial charge in [0.2, 0.25) is 0 Å². The van der Waals surface area contributed by atoms with Gasteiger partial charge in [-0.15, -0.1) is 10.2 Å². The fourth-order valence-electron chi connectivity index (χ4n) is 1.67. The Bertz CT molecular complexity index is 626. The maximum Gasteiger partial charge on any atom is 0.328 e. The quantitative estimate of drug-likeness (QED) is 0.814. The summed E-state index contributed by atoms with van der Waals surface area (Å²) in [5, 5.41) is 9.56. The van der Waals surface area contributed by atoms with Gasteiger partial charge in [-0.25, -0.2) is 4.68 Å². The van der Waals surface area contributed by atoms with Gasteiger partial charge in [-0.05, 0) is 23.1 Å². The summed E-state index contributed by atoms with van der Waals surface area (Å²) in [5.41, 5.74) is 4.06. The summed E-state index contributed by atoms with van der Waals surface area (Å²) in [7, 11) is 0. The summed E-state index contributed by atoms with van der Waals surface area (Å²) in [4.78, 5) is 23.4. The smallest absolute Gasteiger partial charge is 0.318 e. The monoisotopic (exact) mass is 287 g/mol. The molecule has 110 valence electrons. The molecule has 0 unspecified atom stereocenters. The van der Waals surface area contributed by atoms with E-state index in [0.717, 1.165) is 5.56 Å². The van der Waals surface area contributed by atoms with E-state index in [0.29, 0.717) is 5.69 Å². The van der Waals surface area contributed by atoms with Crippen LogP contribution in [0.25, 0.3) is 0 Å². The van der Waals surface area contributed by atoms with Crippen LogP contribution in [-0.4, -0.2) is 26.7 Å². The van der Waals surface area contributed by atoms with Crippen molar-refractivity contribution in [3.63, 3.8) is 0 Å². The van der Waals surface area contributed by atoms with Crippen LogP contribution >= 0.6 is 0 Å². The molecule has 0 aliphatic heterocycles. The van der Waals surface area contributed by atoms with E-state index in [-0.39, 0.29) is 5.41 Å². The molecule has 0 aliphatic rings. The zero-order chi connectivity index (χ0) is 15.5. The highest BCUT2D eigenvalue weighted by Gasteiger charge is 2.16. The predicted octanol–water partition coefficient (Wildman–Crippen LogP) is 1.28. The van der Waals surface area contributed by atoms with Gasteiger partial charge in [-0.3, -0.25) is 15.0 Å². The summed E-state index contributed by atoms with van der Waals surface area (Å²) in [5.74, 6) is -1.55. The Labute approximate surface area is 122 Å². The molecule has 0 fully saturated rings. The lowest BCUT2D eigenvalue weighted by Crippen LogP contribution is -2.33. The van der Waals surface area contributed by atoms with E-state index in [4.69, 9.17) is 0 Å². The number of anilines is 1. The third kappa shape index (κ3) is 3.88. The van der Waals surface area contributed by atoms with E-state index in [1.165, 1.54) is 17.3 Å². The van der Waals surface area contributed by atoms with E-state index in [1.807, 2.05) is 12.1 Å². The largest absolute Gasteiger partial charge is 0.328 e. The first-order valence-corrected chi connectivity index (χ1v) is 6.44. The minimum atomic E-state index is -0.797. The molecule has 21 heavy (non-hydrogen) atoms. The molecule has 2 N–H and O–H groups in total. The van der Waals surface area contributed by atoms with Crippen molar-refractivity contribution in [2.75, 3.05) is 10.7 Å². The number of nitrogens with one attached hydrogen (secondary N) is 2. The average Bonchev–Trinajstić information content (AvgIpc) is 2.91. The van der Waals surface area contributed by atoms with Gasteiger partial charge in [0.1, 0.15) is 12.7 Å². The zero-order valence-electron chi connectivity index (χ0n) is 12.1. The maximum absolute atomic E-state index is 11.7. The highest BCUT2D eigenvalue weighted by atomic mass is 16.2. The summed E-state index contributed by atoms with van der Waals surface area (Å²) < 4.78 is 1.20. The number of aromatic nitrogens is 3. The van der Waals surface area contributed by atoms with Crippen LogP contribution in [0.1, 0.15) is 26.3 Å². The van der Waals surface area contributed by atoms with Gasteiger partial charge in [-0.2, -0.15) is 0 Å². The Hall–Kier alpha value is -2.70. The molecule has 2 aromatic rings. The molecule has 0 aliphatic carbocycles. The maximum atomic E-state index is 11.7. The molecule has 1 heterocycles. The van der Waals surface area contributed by atoms with Crippen molar-refractivity contribution in [3.05, 3.63) is 42.5 Å². The van der Waals surface area contributed by atoms with Gasteiger partial charge in [0.05, 0.1) is 0 Å². The van der Waals surface area contributed by atoms with Crippen LogP contribution in [0.15, 0.2) is 36.9 Å². The summed E-state index contributed by atoms with van der Waals surface area (Å²) >= 11 is 0. The molecule has 2 amide bonds. The van der Waals surface area contributed by atoms with E-state index in [1.54, 1.807) is 12.1 Å². The lowest BCUT2D eigenvalue weighted by molar-refractivity contribution is -0.133. The Morgan fingerprint density at radius 2 is 1.57 bits per heavy atom. The van der Waals surface area contributed by atoms with Crippen molar-refractivity contribution < 1.29 is 9.59 Å². The molecular weight excluding hydrogens is 270 g/mol. The van der Waals surface area contributed by atoms with Gasteiger partial charge < -0.3 is 5.32 Å². The summed E-state index contributed by atoms with van der Waals surface area (Å²) in [6.45, 7) is 6.31. The van der Waals surface area contributed by atoms with Crippen molar-refractivity contribution in [2.45, 2.75) is 26.2 Å². The Balaban J connectivity index is 1.98. The topological polar surface area (TPSA) is 88.9 Å². The first kappa shape index (κ1) is 14.7. The number of rotatable bonds is 2. The second kappa shape index (κ2) is 5.74. The van der Waals surface area contributed by atoms with Crippen molar-refractivity contribution in [1.82, 2.24) is 14.9 Å². The summed E-state index contributed by atoms with van der Waals surface area (Å²) in [6, 6.07) is 7.38. The number of nitrogens with zero attached hydrogens (tertiary/aromatic N) is 3. The fourth-order valence-corrected chi connectivity index (χ4v) is 1.67. The van der Waals surface area contributed by atoms with Crippen LogP contribution in [0, 0.1) is 0 Å². The minimum Gasteiger partial charge on any atom is -0.318 e. The van der Waals surface area contributed by atoms with Crippen LogP contribution in [-0.2, 0) is 15.0 Å². The van der Waals surface area contributed by atoms with Crippen LogP contribution in [0.2, 0.25) is 0 Å². The van der Waals surface area contributed by atoms with Crippen molar-refractivity contribution >= 4 is 17.5 Å². The van der Waals surface area contributed by atoms with Crippen LogP contribution in [0.4, 0.5) is 5.69 Å². The summed E-state index contributed by atoms with van der Waals surface area (Å²) in [6.07, 6.45) is 2.56. The lowest BCUT2D eigenvalue weighted by atomic mass is 9.87. The molecule has 0 spiro atoms. The molecule has 7 heteroatoms. The van der Waals surface area contributed by atoms with Crippen LogP contribution in [0.3, 0.4) is 0 Å². The first-order valence-electron chi connectivity index (χ1n) is 6.44. The zero-order valence-corrected chi connectivity index (χ0v) is 12.1. The Morgan fingerprint density at radius 1 is 1.00 bits per heavy atom. The number of hydrogen-bond donors (Lipinski definition) is 2. The molecule has 1 aromatic heterocycles. The number of carbonyl (C=O) groups is 2. The average molecular weight is 287 g/mol. The van der Waals surface area contributed by atoms with Crippen LogP contribution in [0.5, 0.6) is 0 Å². The standard InChI is InChI=1S/C14H17N5O2/c1-14(2,3)10-4-6-11(7-5-10)17-12(20)13(21)18-19-8-15-16-9-19/h4-9H,1-3H3,(H,17,20)(H,18,21). The predicted molar refractivity (Wildman–Crippen MR) is 78.2 cm³/mol. The molecule has 0 bridgehead atoms. The Morgan fingerprint density at radius 3 is 2.10 bits per heavy atom. The molecule has 0 atom stereocenters. The van der Waals surface area contributed by atoms with Gasteiger partial charge in [0.15, 0.2) is 0 Å². The Kier molecular flexibility index (Phi) is 4.02. The first-order chi connectivity index (χ1) is 9.86. The highest BCUT2D eigenvalue weighted by molar-refractivity contribution is 6.42. The second-order valence-electron chi connectivity index (χ2n) is 5.59. The van der Waals surface area contributed by atoms with Gasteiger partial charge in [0.25, 0.3) is 0 Å². The SMILES string of the molecule is CC(C)(C)c1ccc(NC(=O)C(=O)Nn2cnnc2)cc1. The van der Waals surface area contributed by atoms with Gasteiger partial charge >= 0.3 is 11.8 Å². The van der Waals surface area contributed by atoms with Crippen LogP contribution < -0.4 is 10.7 Å². The molecule has 7 nitrogen and oxygen atoms in total. The molecular formula is C14H17N5O2. The third-order valence-corrected chi connectivity index (χ3v) is 2.86. The molecule has 1 aromatic carbocycles. The van der Waals surface area contributed by atoms with Crippen molar-refractivity contribution in [3.8, 4) is 0 Å². The molecule has 2 rings (SSSR count). The van der Waals surface area contributed by atoms with Crippen molar-refractivity contribution in [1.29, 1.82) is 0 Å². The van der Waals surface area contributed by atoms with Gasteiger partial charge in [0, 0.05) is 5.69 Å². The van der Waals surface area contributed by atoms with E-state index in [9.17, 15) is 9.59 Å². The second-order valence-corrected chi connectivity index (χ2v) is 5.59. The van der Waals surface area contributed by atoms with Crippen molar-refractivity contribution in [2.24, 2.45) is 0 Å². The highest BCUT2D eigenvalue weighted by Crippen LogP contribution is 2.23. The van der Waals surface area contributed by atoms with E-state index in [2.05, 4.69) is 41.7 Å². The molecule has 0 radical (unpaired) electrons. The van der Waals surface area contributed by atoms with E-state index >= 15 is 0 Å². The molecule has 0 saturated carbocycles. The molecule has 0 saturated heterocycles. The minimum absolute atomic E-state index is 0.0360. The number of carbonyl (C=O) groups excluding carboxylic acids is 2. The van der Waals surface area contributed by atoms with E-state index < -0.39 is 11.8 Å². The normalized spacial score (nSPS) is 11.0. The number of hydrogen-bond acceptors (Lipinski definition) is 4. The van der Waals surface area contributed by atoms with Gasteiger partial charge in [-0.1, -0.05) is 32.9 Å². The fraction of sp³-hybridized carbons (Fsp3) is 0.286.